The van der Waals surface area contributed by atoms with E-state index in [0.717, 1.165) is 37.6 Å². The second-order valence-electron chi connectivity index (χ2n) is 11.4. The van der Waals surface area contributed by atoms with Crippen molar-refractivity contribution in [1.29, 1.82) is 0 Å². The molecule has 3 amide bonds. The molecule has 3 fully saturated rings. The predicted molar refractivity (Wildman–Crippen MR) is 164 cm³/mol. The Morgan fingerprint density at radius 2 is 1.69 bits per heavy atom. The maximum atomic E-state index is 13.9. The van der Waals surface area contributed by atoms with Crippen molar-refractivity contribution in [1.82, 2.24) is 9.88 Å². The molecule has 2 bridgehead atoms. The van der Waals surface area contributed by atoms with Crippen LogP contribution < -0.4 is 10.2 Å². The molecule has 2 aliphatic heterocycles. The van der Waals surface area contributed by atoms with Gasteiger partial charge in [-0.05, 0) is 47.3 Å². The van der Waals surface area contributed by atoms with Crippen molar-refractivity contribution in [3.8, 4) is 0 Å². The van der Waals surface area contributed by atoms with Gasteiger partial charge in [-0.3, -0.25) is 24.1 Å². The lowest BCUT2D eigenvalue weighted by atomic mass is 9.68. The van der Waals surface area contributed by atoms with Gasteiger partial charge in [0.15, 0.2) is 0 Å². The molecular formula is C31H23Cl2N3O4S2. The number of carbonyl (C=O) groups is 3. The van der Waals surface area contributed by atoms with Gasteiger partial charge in [0.2, 0.25) is 17.7 Å². The monoisotopic (exact) mass is 635 g/mol. The average molecular weight is 637 g/mol. The largest absolute Gasteiger partial charge is 0.324 e. The molecule has 7 nitrogen and oxygen atoms in total. The Kier molecular flexibility index (Phi) is 6.13. The summed E-state index contributed by atoms with van der Waals surface area (Å²) in [5, 5.41) is 6.49. The van der Waals surface area contributed by atoms with Crippen LogP contribution in [0.3, 0.4) is 0 Å². The summed E-state index contributed by atoms with van der Waals surface area (Å²) < 4.78 is 0. The van der Waals surface area contributed by atoms with E-state index >= 15 is 0 Å². The number of thioether (sulfide) groups is 1. The number of halogens is 2. The highest BCUT2D eigenvalue weighted by Crippen LogP contribution is 2.69. The summed E-state index contributed by atoms with van der Waals surface area (Å²) in [4.78, 5) is 58.2. The number of nitrogens with one attached hydrogen (secondary N) is 2. The number of nitrogens with zero attached hydrogens (tertiary/aromatic N) is 1. The van der Waals surface area contributed by atoms with Crippen LogP contribution in [-0.4, -0.2) is 39.4 Å². The van der Waals surface area contributed by atoms with E-state index in [1.165, 1.54) is 11.3 Å². The first kappa shape index (κ1) is 26.5. The molecule has 11 heteroatoms. The van der Waals surface area contributed by atoms with Crippen molar-refractivity contribution in [3.63, 3.8) is 0 Å². The number of fused-ring (bicyclic) bond motifs is 10. The Labute approximate surface area is 258 Å². The third kappa shape index (κ3) is 3.80. The van der Waals surface area contributed by atoms with Gasteiger partial charge < -0.3 is 10.3 Å². The van der Waals surface area contributed by atoms with Gasteiger partial charge in [0.1, 0.15) is 6.54 Å². The molecule has 3 aromatic carbocycles. The minimum atomic E-state index is -0.493. The van der Waals surface area contributed by atoms with Crippen LogP contribution in [0.1, 0.15) is 22.8 Å². The van der Waals surface area contributed by atoms with Gasteiger partial charge in [0.25, 0.3) is 0 Å². The molecule has 6 unspecified atom stereocenters. The van der Waals surface area contributed by atoms with Gasteiger partial charge in [-0.25, -0.2) is 0 Å². The van der Waals surface area contributed by atoms with Gasteiger partial charge in [0.05, 0.1) is 26.9 Å². The molecular weight excluding hydrogens is 613 g/mol. The lowest BCUT2D eigenvalue weighted by Crippen LogP contribution is -2.42. The molecule has 4 aromatic rings. The quantitative estimate of drug-likeness (QED) is 0.268. The van der Waals surface area contributed by atoms with E-state index in [4.69, 9.17) is 23.2 Å². The molecule has 2 N–H and O–H groups in total. The van der Waals surface area contributed by atoms with E-state index < -0.39 is 17.7 Å². The fraction of sp³-hybridized carbons (Fsp3) is 0.290. The van der Waals surface area contributed by atoms with Crippen LogP contribution in [0.2, 0.25) is 10.0 Å². The Morgan fingerprint density at radius 1 is 0.952 bits per heavy atom. The van der Waals surface area contributed by atoms with Crippen molar-refractivity contribution in [2.75, 3.05) is 11.9 Å². The van der Waals surface area contributed by atoms with Crippen molar-refractivity contribution in [2.45, 2.75) is 22.6 Å². The highest BCUT2D eigenvalue weighted by Gasteiger charge is 2.69. The molecule has 3 heterocycles. The van der Waals surface area contributed by atoms with Crippen LogP contribution in [0, 0.1) is 29.6 Å². The van der Waals surface area contributed by atoms with E-state index in [2.05, 4.69) is 10.3 Å². The number of carbonyl (C=O) groups excluding carboxylic acids is 3. The normalized spacial score (nSPS) is 29.1. The lowest BCUT2D eigenvalue weighted by Gasteiger charge is -2.43. The maximum absolute atomic E-state index is 13.9. The number of hydrogen-bond acceptors (Lipinski definition) is 6. The lowest BCUT2D eigenvalue weighted by molar-refractivity contribution is -0.143. The molecule has 2 saturated carbocycles. The number of aromatic nitrogens is 1. The van der Waals surface area contributed by atoms with Gasteiger partial charge in [-0.1, -0.05) is 83.1 Å². The van der Waals surface area contributed by atoms with Crippen molar-refractivity contribution in [3.05, 3.63) is 90.8 Å². The van der Waals surface area contributed by atoms with Crippen LogP contribution in [0.5, 0.6) is 0 Å². The average Bonchev–Trinajstić information content (AvgIpc) is 3.71. The second-order valence-corrected chi connectivity index (χ2v) is 14.4. The summed E-state index contributed by atoms with van der Waals surface area (Å²) in [5.74, 6) is -2.27. The number of imide groups is 1. The van der Waals surface area contributed by atoms with Gasteiger partial charge >= 0.3 is 4.87 Å². The number of thiazole rings is 1. The molecule has 2 aliphatic carbocycles. The van der Waals surface area contributed by atoms with Gasteiger partial charge in [-0.15, -0.1) is 11.8 Å². The summed E-state index contributed by atoms with van der Waals surface area (Å²) >= 11 is 16.0. The Morgan fingerprint density at radius 3 is 2.52 bits per heavy atom. The zero-order valence-electron chi connectivity index (χ0n) is 21.9. The fourth-order valence-electron chi connectivity index (χ4n) is 8.01. The van der Waals surface area contributed by atoms with Crippen LogP contribution in [-0.2, 0) is 14.4 Å². The molecule has 1 aromatic heterocycles. The third-order valence-corrected chi connectivity index (χ3v) is 12.9. The van der Waals surface area contributed by atoms with E-state index in [9.17, 15) is 19.2 Å². The summed E-state index contributed by atoms with van der Waals surface area (Å²) in [7, 11) is 0. The zero-order valence-corrected chi connectivity index (χ0v) is 25.0. The predicted octanol–water partition coefficient (Wildman–Crippen LogP) is 6.01. The first-order chi connectivity index (χ1) is 20.3. The van der Waals surface area contributed by atoms with E-state index in [1.54, 1.807) is 17.8 Å². The number of hydrogen-bond donors (Lipinski definition) is 2. The number of H-pyrrole nitrogens is 1. The van der Waals surface area contributed by atoms with E-state index in [-0.39, 0.29) is 52.2 Å². The SMILES string of the molecule is O=C(CN1C(=O)C2C3CC(C2C1=O)C1C3Sc2[nH]c(=O)sc2[C@@H]1c1cccc(Cl)c1Cl)Nc1cccc2ccccc12. The molecule has 8 rings (SSSR count). The van der Waals surface area contributed by atoms with Gasteiger partial charge in [0, 0.05) is 27.1 Å². The van der Waals surface area contributed by atoms with Crippen LogP contribution in [0.15, 0.2) is 70.5 Å². The molecule has 0 spiro atoms. The van der Waals surface area contributed by atoms with E-state index in [0.29, 0.717) is 15.7 Å². The van der Waals surface area contributed by atoms with E-state index in [1.807, 2.05) is 54.6 Å². The molecule has 212 valence electrons. The Balaban J connectivity index is 1.11. The van der Waals surface area contributed by atoms with Crippen LogP contribution in [0.4, 0.5) is 5.69 Å². The molecule has 4 aliphatic rings. The summed E-state index contributed by atoms with van der Waals surface area (Å²) in [6, 6.07) is 18.9. The van der Waals surface area contributed by atoms with Crippen molar-refractivity contribution < 1.29 is 14.4 Å². The molecule has 0 radical (unpaired) electrons. The maximum Gasteiger partial charge on any atom is 0.305 e. The van der Waals surface area contributed by atoms with Crippen molar-refractivity contribution >= 4 is 80.5 Å². The topological polar surface area (TPSA) is 99.3 Å². The number of rotatable bonds is 4. The summed E-state index contributed by atoms with van der Waals surface area (Å²) in [6.07, 6.45) is 0.749. The van der Waals surface area contributed by atoms with Crippen molar-refractivity contribution in [2.24, 2.45) is 29.6 Å². The minimum Gasteiger partial charge on any atom is -0.324 e. The van der Waals surface area contributed by atoms with Crippen LogP contribution in [0.25, 0.3) is 10.8 Å². The number of aromatic amines is 1. The summed E-state index contributed by atoms with van der Waals surface area (Å²) in [6.45, 7) is -0.319. The third-order valence-electron chi connectivity index (χ3n) is 9.50. The molecule has 7 atom stereocenters. The minimum absolute atomic E-state index is 0.00243. The Hall–Kier alpha value is -3.11. The highest BCUT2D eigenvalue weighted by atomic mass is 35.5. The standard InChI is InChI=1S/C31H23Cl2N3O4S2/c32-18-9-4-8-15(25(18)33)21-22-16-11-17(26(22)41-28-27(21)42-31(40)35-28)24-23(16)29(38)36(30(24)39)12-20(37)34-19-10-3-6-13-5-1-2-7-14(13)19/h1-10,16-17,21-24,26H,11-12H2,(H,34,37)(H,35,40)/t16?,17?,21-,22?,23?,24?,26?/m1/s1. The number of likely N-dealkylation sites (tertiary alicyclic amines) is 1. The highest BCUT2D eigenvalue weighted by molar-refractivity contribution is 8.00. The fourth-order valence-corrected chi connectivity index (χ4v) is 11.3. The zero-order chi connectivity index (χ0) is 28.9. The smallest absolute Gasteiger partial charge is 0.305 e. The molecule has 42 heavy (non-hydrogen) atoms. The number of amides is 3. The van der Waals surface area contributed by atoms with Crippen LogP contribution >= 0.6 is 46.3 Å². The summed E-state index contributed by atoms with van der Waals surface area (Å²) in [5.41, 5.74) is 1.48. The first-order valence-electron chi connectivity index (χ1n) is 13.8. The number of anilines is 1. The molecule has 1 saturated heterocycles. The van der Waals surface area contributed by atoms with Gasteiger partial charge in [-0.2, -0.15) is 0 Å². The number of benzene rings is 3. The second kappa shape index (κ2) is 9.71. The first-order valence-corrected chi connectivity index (χ1v) is 16.2. The Bertz CT molecular complexity index is 1880.